The van der Waals surface area contributed by atoms with Crippen molar-refractivity contribution in [3.63, 3.8) is 0 Å². The Hall–Kier alpha value is -4.51. The Labute approximate surface area is 234 Å². The van der Waals surface area contributed by atoms with Gasteiger partial charge in [-0.2, -0.15) is 0 Å². The van der Waals surface area contributed by atoms with Crippen LogP contribution in [0.4, 0.5) is 11.4 Å². The fraction of sp³-hybridized carbons (Fsp3) is 0.229. The Morgan fingerprint density at radius 1 is 0.800 bits per heavy atom. The summed E-state index contributed by atoms with van der Waals surface area (Å²) in [6.45, 7) is 4.47. The lowest BCUT2D eigenvalue weighted by Gasteiger charge is -2.52. The Morgan fingerprint density at radius 3 is 2.08 bits per heavy atom. The molecule has 5 nitrogen and oxygen atoms in total. The number of anilines is 1. The highest BCUT2D eigenvalue weighted by molar-refractivity contribution is 6.25. The number of rotatable bonds is 6. The molecule has 0 saturated carbocycles. The maximum absolute atomic E-state index is 14.6. The van der Waals surface area contributed by atoms with Crippen LogP contribution in [-0.2, 0) is 21.4 Å². The Balaban J connectivity index is 1.47. The molecule has 4 aliphatic rings. The van der Waals surface area contributed by atoms with Crippen LogP contribution in [0.15, 0.2) is 102 Å². The molecule has 1 fully saturated rings. The third-order valence-corrected chi connectivity index (χ3v) is 8.85. The summed E-state index contributed by atoms with van der Waals surface area (Å²) in [5, 5.41) is 0. The van der Waals surface area contributed by atoms with E-state index in [2.05, 4.69) is 43.3 Å². The van der Waals surface area contributed by atoms with Crippen LogP contribution in [0.25, 0.3) is 0 Å². The quantitative estimate of drug-likeness (QED) is 0.210. The number of amides is 2. The molecule has 2 atom stereocenters. The number of carbonyl (C=O) groups excluding carboxylic acids is 2. The molecule has 0 N–H and O–H groups in total. The van der Waals surface area contributed by atoms with Crippen LogP contribution in [-0.4, -0.2) is 24.6 Å². The topological polar surface area (TPSA) is 59.0 Å². The molecule has 198 valence electrons. The SMILES string of the molecule is CCOc1ccccc1N1C(=O)[C@H]2C3c4ccccc4C(C=Nc4ccc(CC)cc4)(c4ccccc43)[C@H]2C1=O. The predicted octanol–water partition coefficient (Wildman–Crippen LogP) is 6.60. The zero-order chi connectivity index (χ0) is 27.4. The fourth-order valence-corrected chi connectivity index (χ4v) is 7.20. The molecule has 1 saturated heterocycles. The zero-order valence-electron chi connectivity index (χ0n) is 22.6. The van der Waals surface area contributed by atoms with Crippen molar-refractivity contribution in [3.8, 4) is 5.75 Å². The summed E-state index contributed by atoms with van der Waals surface area (Å²) in [4.78, 5) is 35.4. The van der Waals surface area contributed by atoms with Crippen molar-refractivity contribution in [1.29, 1.82) is 0 Å². The van der Waals surface area contributed by atoms with Gasteiger partial charge in [-0.15, -0.1) is 0 Å². The van der Waals surface area contributed by atoms with Gasteiger partial charge in [0.05, 0.1) is 35.2 Å². The molecule has 1 heterocycles. The highest BCUT2D eigenvalue weighted by atomic mass is 16.5. The van der Waals surface area contributed by atoms with Crippen molar-refractivity contribution in [1.82, 2.24) is 0 Å². The van der Waals surface area contributed by atoms with Gasteiger partial charge < -0.3 is 4.74 Å². The van der Waals surface area contributed by atoms with E-state index >= 15 is 0 Å². The minimum atomic E-state index is -0.891. The lowest BCUT2D eigenvalue weighted by Crippen LogP contribution is -2.54. The van der Waals surface area contributed by atoms with Gasteiger partial charge in [0.1, 0.15) is 5.75 Å². The third kappa shape index (κ3) is 3.30. The standard InChI is InChI=1S/C35H30N2O3/c1-3-22-17-19-23(20-18-22)36-21-35-26-13-7-5-11-24(26)30(25-12-6-8-14-27(25)35)31-32(35)34(39)37(33(31)38)28-15-9-10-16-29(28)40-4-2/h5-21,30-32H,3-4H2,1-2H3/t30?,31-,32+,35?/m0/s1. The molecule has 1 aliphatic heterocycles. The van der Waals surface area contributed by atoms with Gasteiger partial charge in [0, 0.05) is 12.1 Å². The molecule has 4 aromatic rings. The summed E-state index contributed by atoms with van der Waals surface area (Å²) in [7, 11) is 0. The first kappa shape index (κ1) is 24.5. The van der Waals surface area contributed by atoms with Gasteiger partial charge in [-0.3, -0.25) is 14.6 Å². The third-order valence-electron chi connectivity index (χ3n) is 8.85. The lowest BCUT2D eigenvalue weighted by molar-refractivity contribution is -0.122. The maximum atomic E-state index is 14.6. The van der Waals surface area contributed by atoms with Gasteiger partial charge in [-0.1, -0.05) is 79.7 Å². The molecular weight excluding hydrogens is 496 g/mol. The lowest BCUT2D eigenvalue weighted by atomic mass is 9.47. The number of aryl methyl sites for hydroxylation is 1. The highest BCUT2D eigenvalue weighted by Crippen LogP contribution is 2.64. The molecule has 0 spiro atoms. The van der Waals surface area contributed by atoms with E-state index in [1.54, 1.807) is 6.07 Å². The minimum absolute atomic E-state index is 0.179. The van der Waals surface area contributed by atoms with Gasteiger partial charge >= 0.3 is 0 Å². The summed E-state index contributed by atoms with van der Waals surface area (Å²) < 4.78 is 5.87. The first-order chi connectivity index (χ1) is 19.6. The number of imide groups is 1. The molecule has 40 heavy (non-hydrogen) atoms. The summed E-state index contributed by atoms with van der Waals surface area (Å²) in [5.74, 6) is -1.22. The summed E-state index contributed by atoms with van der Waals surface area (Å²) in [6.07, 6.45) is 2.90. The monoisotopic (exact) mass is 526 g/mol. The number of aliphatic imine (C=N–C) groups is 1. The van der Waals surface area contributed by atoms with Crippen LogP contribution in [0, 0.1) is 11.8 Å². The summed E-state index contributed by atoms with van der Waals surface area (Å²) in [5.41, 5.74) is 5.96. The van der Waals surface area contributed by atoms with Crippen LogP contribution in [0.3, 0.4) is 0 Å². The number of ether oxygens (including phenoxy) is 1. The van der Waals surface area contributed by atoms with Crippen LogP contribution < -0.4 is 9.64 Å². The van der Waals surface area contributed by atoms with Crippen LogP contribution >= 0.6 is 0 Å². The fourth-order valence-electron chi connectivity index (χ4n) is 7.20. The van der Waals surface area contributed by atoms with E-state index in [1.807, 2.05) is 67.7 Å². The van der Waals surface area contributed by atoms with E-state index in [0.29, 0.717) is 18.0 Å². The van der Waals surface area contributed by atoms with Crippen LogP contribution in [0.5, 0.6) is 5.75 Å². The van der Waals surface area contributed by atoms with Gasteiger partial charge in [0.2, 0.25) is 11.8 Å². The van der Waals surface area contributed by atoms with Crippen LogP contribution in [0.1, 0.15) is 47.6 Å². The molecule has 2 bridgehead atoms. The Morgan fingerprint density at radius 2 is 1.43 bits per heavy atom. The molecular formula is C35H30N2O3. The minimum Gasteiger partial charge on any atom is -0.492 e. The normalized spacial score (nSPS) is 24.2. The molecule has 0 unspecified atom stereocenters. The first-order valence-corrected chi connectivity index (χ1v) is 14.0. The second-order valence-electron chi connectivity index (χ2n) is 10.7. The highest BCUT2D eigenvalue weighted by Gasteiger charge is 2.68. The van der Waals surface area contributed by atoms with Crippen LogP contribution in [0.2, 0.25) is 0 Å². The Bertz CT molecular complexity index is 1620. The van der Waals surface area contributed by atoms with Gasteiger partial charge in [0.25, 0.3) is 0 Å². The van der Waals surface area contributed by atoms with E-state index in [1.165, 1.54) is 10.5 Å². The van der Waals surface area contributed by atoms with E-state index in [-0.39, 0.29) is 17.7 Å². The van der Waals surface area contributed by atoms with Crippen molar-refractivity contribution in [2.75, 3.05) is 11.5 Å². The van der Waals surface area contributed by atoms with Crippen molar-refractivity contribution in [2.24, 2.45) is 16.8 Å². The van der Waals surface area contributed by atoms with E-state index in [4.69, 9.17) is 9.73 Å². The number of hydrogen-bond acceptors (Lipinski definition) is 4. The molecule has 4 aromatic carbocycles. The van der Waals surface area contributed by atoms with Crippen molar-refractivity contribution in [3.05, 3.63) is 125 Å². The molecule has 0 radical (unpaired) electrons. The largest absolute Gasteiger partial charge is 0.492 e. The summed E-state index contributed by atoms with van der Waals surface area (Å²) >= 11 is 0. The molecule has 2 amide bonds. The number of carbonyl (C=O) groups is 2. The average molecular weight is 527 g/mol. The number of para-hydroxylation sites is 2. The number of nitrogens with zero attached hydrogens (tertiary/aromatic N) is 2. The molecule has 0 aromatic heterocycles. The van der Waals surface area contributed by atoms with Gasteiger partial charge in [-0.05, 0) is 65.4 Å². The second-order valence-corrected chi connectivity index (χ2v) is 10.7. The predicted molar refractivity (Wildman–Crippen MR) is 157 cm³/mol. The van der Waals surface area contributed by atoms with E-state index in [9.17, 15) is 9.59 Å². The van der Waals surface area contributed by atoms with Gasteiger partial charge in [-0.25, -0.2) is 4.90 Å². The van der Waals surface area contributed by atoms with Crippen molar-refractivity contribution in [2.45, 2.75) is 31.6 Å². The number of benzene rings is 4. The van der Waals surface area contributed by atoms with E-state index < -0.39 is 17.3 Å². The average Bonchev–Trinajstić information content (AvgIpc) is 3.27. The first-order valence-electron chi connectivity index (χ1n) is 14.0. The zero-order valence-corrected chi connectivity index (χ0v) is 22.6. The van der Waals surface area contributed by atoms with Crippen molar-refractivity contribution >= 4 is 29.4 Å². The summed E-state index contributed by atoms with van der Waals surface area (Å²) in [6, 6.07) is 32.0. The van der Waals surface area contributed by atoms with E-state index in [0.717, 1.165) is 34.4 Å². The molecule has 8 rings (SSSR count). The Kier molecular flexibility index (Phi) is 5.70. The van der Waals surface area contributed by atoms with Crippen molar-refractivity contribution < 1.29 is 14.3 Å². The smallest absolute Gasteiger partial charge is 0.239 e. The second kappa shape index (κ2) is 9.30. The molecule has 5 heteroatoms. The molecule has 3 aliphatic carbocycles. The number of hydrogen-bond donors (Lipinski definition) is 0. The maximum Gasteiger partial charge on any atom is 0.239 e. The van der Waals surface area contributed by atoms with Gasteiger partial charge in [0.15, 0.2) is 0 Å².